The van der Waals surface area contributed by atoms with Crippen LogP contribution in [-0.4, -0.2) is 5.97 Å². The van der Waals surface area contributed by atoms with Crippen LogP contribution in [0.25, 0.3) is 0 Å². The first kappa shape index (κ1) is 14.1. The molecule has 0 bridgehead atoms. The van der Waals surface area contributed by atoms with Gasteiger partial charge in [-0.1, -0.05) is 66.2 Å². The number of ether oxygens (including phenoxy) is 1. The summed E-state index contributed by atoms with van der Waals surface area (Å²) < 4.78 is 5.18. The van der Waals surface area contributed by atoms with Crippen LogP contribution in [0.4, 0.5) is 0 Å². The molecule has 0 N–H and O–H groups in total. The van der Waals surface area contributed by atoms with E-state index < -0.39 is 0 Å². The largest absolute Gasteiger partial charge is 0.458 e. The summed E-state index contributed by atoms with van der Waals surface area (Å²) in [6.07, 6.45) is 4.05. The molecule has 0 fully saturated rings. The average Bonchev–Trinajstić information content (AvgIpc) is 2.48. The van der Waals surface area contributed by atoms with Gasteiger partial charge in [0.25, 0.3) is 0 Å². The second-order valence-electron chi connectivity index (χ2n) is 4.69. The molecular formula is C18H18O2. The molecular weight excluding hydrogens is 248 g/mol. The van der Waals surface area contributed by atoms with Crippen molar-refractivity contribution in [1.29, 1.82) is 0 Å². The smallest absolute Gasteiger partial charge is 0.330 e. The van der Waals surface area contributed by atoms with Crippen molar-refractivity contribution in [2.75, 3.05) is 0 Å². The van der Waals surface area contributed by atoms with Crippen LogP contribution < -0.4 is 0 Å². The van der Waals surface area contributed by atoms with Gasteiger partial charge >= 0.3 is 5.97 Å². The second kappa shape index (κ2) is 7.29. The number of rotatable bonds is 5. The maximum absolute atomic E-state index is 11.6. The van der Waals surface area contributed by atoms with Crippen LogP contribution in [0.5, 0.6) is 0 Å². The third-order valence-electron chi connectivity index (χ3n) is 2.95. The summed E-state index contributed by atoms with van der Waals surface area (Å²) in [5, 5.41) is 0. The highest BCUT2D eigenvalue weighted by Gasteiger charge is 1.98. The Morgan fingerprint density at radius 2 is 1.70 bits per heavy atom. The van der Waals surface area contributed by atoms with Crippen LogP contribution >= 0.6 is 0 Å². The normalized spacial score (nSPS) is 10.7. The highest BCUT2D eigenvalue weighted by atomic mass is 16.5. The topological polar surface area (TPSA) is 26.3 Å². The summed E-state index contributed by atoms with van der Waals surface area (Å²) in [7, 11) is 0. The van der Waals surface area contributed by atoms with Gasteiger partial charge < -0.3 is 4.74 Å². The third kappa shape index (κ3) is 4.73. The molecule has 0 unspecified atom stereocenters. The Labute approximate surface area is 119 Å². The van der Waals surface area contributed by atoms with Crippen molar-refractivity contribution in [2.45, 2.75) is 20.0 Å². The first-order chi connectivity index (χ1) is 9.74. The summed E-state index contributed by atoms with van der Waals surface area (Å²) in [5.41, 5.74) is 3.37. The van der Waals surface area contributed by atoms with Gasteiger partial charge in [-0.25, -0.2) is 4.79 Å². The predicted octanol–water partition coefficient (Wildman–Crippen LogP) is 3.84. The molecule has 20 heavy (non-hydrogen) atoms. The number of hydrogen-bond donors (Lipinski definition) is 0. The van der Waals surface area contributed by atoms with Crippen molar-refractivity contribution >= 4 is 5.97 Å². The zero-order valence-electron chi connectivity index (χ0n) is 11.6. The minimum Gasteiger partial charge on any atom is -0.458 e. The molecule has 0 saturated carbocycles. The fourth-order valence-electron chi connectivity index (χ4n) is 1.79. The molecule has 0 aliphatic rings. The van der Waals surface area contributed by atoms with E-state index in [2.05, 4.69) is 0 Å². The number of aryl methyl sites for hydroxylation is 1. The summed E-state index contributed by atoms with van der Waals surface area (Å²) in [6.45, 7) is 2.34. The van der Waals surface area contributed by atoms with E-state index in [1.54, 1.807) is 0 Å². The maximum Gasteiger partial charge on any atom is 0.330 e. The summed E-state index contributed by atoms with van der Waals surface area (Å²) >= 11 is 0. The molecule has 2 aromatic rings. The quantitative estimate of drug-likeness (QED) is 0.607. The number of benzene rings is 2. The van der Waals surface area contributed by atoms with Crippen molar-refractivity contribution in [2.24, 2.45) is 0 Å². The van der Waals surface area contributed by atoms with Gasteiger partial charge in [-0.3, -0.25) is 0 Å². The summed E-state index contributed by atoms with van der Waals surface area (Å²) in [4.78, 5) is 11.6. The first-order valence-electron chi connectivity index (χ1n) is 6.67. The van der Waals surface area contributed by atoms with E-state index in [0.717, 1.165) is 12.0 Å². The first-order valence-corrected chi connectivity index (χ1v) is 6.67. The Hall–Kier alpha value is -2.35. The lowest BCUT2D eigenvalue weighted by Crippen LogP contribution is -2.00. The molecule has 0 heterocycles. The SMILES string of the molecule is Cc1ccc(COC(=O)C=CCc2ccccc2)cc1. The fraction of sp³-hybridized carbons (Fsp3) is 0.167. The predicted molar refractivity (Wildman–Crippen MR) is 80.3 cm³/mol. The molecule has 0 aromatic heterocycles. The Bertz CT molecular complexity index is 568. The molecule has 0 saturated heterocycles. The van der Waals surface area contributed by atoms with Crippen LogP contribution in [0.3, 0.4) is 0 Å². The lowest BCUT2D eigenvalue weighted by molar-refractivity contribution is -0.139. The number of carbonyl (C=O) groups is 1. The molecule has 2 rings (SSSR count). The van der Waals surface area contributed by atoms with Crippen LogP contribution in [0.15, 0.2) is 66.7 Å². The Morgan fingerprint density at radius 1 is 1.00 bits per heavy atom. The highest BCUT2D eigenvalue weighted by Crippen LogP contribution is 2.05. The van der Waals surface area contributed by atoms with E-state index in [-0.39, 0.29) is 5.97 Å². The van der Waals surface area contributed by atoms with E-state index >= 15 is 0 Å². The van der Waals surface area contributed by atoms with Crippen LogP contribution in [0.2, 0.25) is 0 Å². The lowest BCUT2D eigenvalue weighted by atomic mass is 10.1. The van der Waals surface area contributed by atoms with Gasteiger partial charge in [0.05, 0.1) is 0 Å². The van der Waals surface area contributed by atoms with Crippen LogP contribution in [0.1, 0.15) is 16.7 Å². The summed E-state index contributed by atoms with van der Waals surface area (Å²) in [5.74, 6) is -0.304. The van der Waals surface area contributed by atoms with Crippen molar-refractivity contribution in [3.8, 4) is 0 Å². The van der Waals surface area contributed by atoms with Crippen LogP contribution in [0, 0.1) is 6.92 Å². The van der Waals surface area contributed by atoms with E-state index in [0.29, 0.717) is 6.61 Å². The molecule has 2 heteroatoms. The number of allylic oxidation sites excluding steroid dienone is 1. The highest BCUT2D eigenvalue weighted by molar-refractivity contribution is 5.81. The van der Waals surface area contributed by atoms with Crippen LogP contribution in [-0.2, 0) is 22.6 Å². The monoisotopic (exact) mass is 266 g/mol. The van der Waals surface area contributed by atoms with Crippen molar-refractivity contribution in [3.05, 3.63) is 83.4 Å². The van der Waals surface area contributed by atoms with Gasteiger partial charge in [0.1, 0.15) is 6.61 Å². The van der Waals surface area contributed by atoms with Gasteiger partial charge in [-0.15, -0.1) is 0 Å². The molecule has 2 aromatic carbocycles. The van der Waals surface area contributed by atoms with E-state index in [1.807, 2.05) is 67.6 Å². The molecule has 0 atom stereocenters. The van der Waals surface area contributed by atoms with E-state index in [4.69, 9.17) is 4.74 Å². The Balaban J connectivity index is 1.76. The Morgan fingerprint density at radius 3 is 2.40 bits per heavy atom. The molecule has 0 spiro atoms. The molecule has 102 valence electrons. The molecule has 0 aliphatic carbocycles. The lowest BCUT2D eigenvalue weighted by Gasteiger charge is -2.02. The average molecular weight is 266 g/mol. The molecule has 0 amide bonds. The van der Waals surface area contributed by atoms with E-state index in [9.17, 15) is 4.79 Å². The fourth-order valence-corrected chi connectivity index (χ4v) is 1.79. The van der Waals surface area contributed by atoms with Gasteiger partial charge in [-0.2, -0.15) is 0 Å². The zero-order chi connectivity index (χ0) is 14.2. The molecule has 2 nitrogen and oxygen atoms in total. The minimum atomic E-state index is -0.304. The van der Waals surface area contributed by atoms with Gasteiger partial charge in [-0.05, 0) is 24.5 Å². The zero-order valence-corrected chi connectivity index (χ0v) is 11.6. The van der Waals surface area contributed by atoms with E-state index in [1.165, 1.54) is 17.2 Å². The standard InChI is InChI=1S/C18H18O2/c1-15-10-12-17(13-11-15)14-20-18(19)9-5-8-16-6-3-2-4-7-16/h2-7,9-13H,8,14H2,1H3. The number of esters is 1. The minimum absolute atomic E-state index is 0.304. The Kier molecular flexibility index (Phi) is 5.13. The molecule has 0 aliphatic heterocycles. The van der Waals surface area contributed by atoms with Crippen molar-refractivity contribution in [1.82, 2.24) is 0 Å². The molecule has 0 radical (unpaired) electrons. The summed E-state index contributed by atoms with van der Waals surface area (Å²) in [6, 6.07) is 18.0. The van der Waals surface area contributed by atoms with Crippen molar-refractivity contribution in [3.63, 3.8) is 0 Å². The van der Waals surface area contributed by atoms with Crippen molar-refractivity contribution < 1.29 is 9.53 Å². The maximum atomic E-state index is 11.6. The second-order valence-corrected chi connectivity index (χ2v) is 4.69. The third-order valence-corrected chi connectivity index (χ3v) is 2.95. The number of hydrogen-bond acceptors (Lipinski definition) is 2. The number of carbonyl (C=O) groups excluding carboxylic acids is 1. The van der Waals surface area contributed by atoms with Gasteiger partial charge in [0.2, 0.25) is 0 Å². The van der Waals surface area contributed by atoms with Gasteiger partial charge in [0.15, 0.2) is 0 Å². The van der Waals surface area contributed by atoms with Gasteiger partial charge in [0, 0.05) is 6.08 Å².